The van der Waals surface area contributed by atoms with Crippen LogP contribution in [-0.2, 0) is 26.2 Å². The molecule has 0 aliphatic carbocycles. The molecule has 34 heavy (non-hydrogen) atoms. The van der Waals surface area contributed by atoms with Gasteiger partial charge in [-0.15, -0.1) is 0 Å². The lowest BCUT2D eigenvalue weighted by molar-refractivity contribution is -0.140. The van der Waals surface area contributed by atoms with Crippen molar-refractivity contribution in [3.8, 4) is 0 Å². The third-order valence-corrected chi connectivity index (χ3v) is 7.24. The highest BCUT2D eigenvalue weighted by atomic mass is 35.5. The highest BCUT2D eigenvalue weighted by Gasteiger charge is 2.31. The number of carbonyl (C=O) groups is 2. The van der Waals surface area contributed by atoms with Gasteiger partial charge in [-0.05, 0) is 47.7 Å². The minimum atomic E-state index is -3.78. The number of likely N-dealkylation sites (N-methyl/N-ethyl adjacent to an activating group) is 1. The molecule has 0 saturated heterocycles. The summed E-state index contributed by atoms with van der Waals surface area (Å²) in [6, 6.07) is 11.1. The molecule has 0 fully saturated rings. The standard InChI is InChI=1S/C24H31Cl2N3O4S/c1-6-22(24(31)27-4)28(14-18-7-10-19(25)13-21(18)26)23(30)15-29(34(5,32)33)20-11-8-17(9-12-20)16(2)3/h7-13,16,22H,6,14-15H2,1-5H3,(H,27,31)/t22-/m1/s1. The highest BCUT2D eigenvalue weighted by molar-refractivity contribution is 7.92. The number of carbonyl (C=O) groups excluding carboxylic acids is 2. The van der Waals surface area contributed by atoms with Crippen LogP contribution in [0.15, 0.2) is 42.5 Å². The molecule has 2 aromatic carbocycles. The van der Waals surface area contributed by atoms with E-state index in [0.717, 1.165) is 16.1 Å². The minimum Gasteiger partial charge on any atom is -0.357 e. The molecule has 0 heterocycles. The Labute approximate surface area is 212 Å². The van der Waals surface area contributed by atoms with E-state index >= 15 is 0 Å². The Bertz CT molecular complexity index is 1120. The van der Waals surface area contributed by atoms with Gasteiger partial charge in [-0.25, -0.2) is 8.42 Å². The number of amides is 2. The van der Waals surface area contributed by atoms with E-state index in [1.807, 2.05) is 26.0 Å². The summed E-state index contributed by atoms with van der Waals surface area (Å²) < 4.78 is 26.3. The smallest absolute Gasteiger partial charge is 0.244 e. The van der Waals surface area contributed by atoms with Crippen LogP contribution in [0.5, 0.6) is 0 Å². The number of hydrogen-bond acceptors (Lipinski definition) is 4. The van der Waals surface area contributed by atoms with E-state index < -0.39 is 28.5 Å². The summed E-state index contributed by atoms with van der Waals surface area (Å²) in [5, 5.41) is 3.37. The van der Waals surface area contributed by atoms with E-state index in [1.165, 1.54) is 11.9 Å². The van der Waals surface area contributed by atoms with Crippen LogP contribution in [0.4, 0.5) is 5.69 Å². The second-order valence-corrected chi connectivity index (χ2v) is 11.1. The third kappa shape index (κ3) is 7.10. The quantitative estimate of drug-likeness (QED) is 0.494. The molecule has 1 atom stereocenters. The first kappa shape index (κ1) is 28.0. The molecule has 2 aromatic rings. The van der Waals surface area contributed by atoms with E-state index in [4.69, 9.17) is 23.2 Å². The first-order valence-corrected chi connectivity index (χ1v) is 13.5. The fraction of sp³-hybridized carbons (Fsp3) is 0.417. The molecule has 1 N–H and O–H groups in total. The van der Waals surface area contributed by atoms with Crippen LogP contribution in [0.25, 0.3) is 0 Å². The van der Waals surface area contributed by atoms with Crippen LogP contribution >= 0.6 is 23.2 Å². The molecule has 0 aliphatic heterocycles. The van der Waals surface area contributed by atoms with Crippen LogP contribution < -0.4 is 9.62 Å². The second-order valence-electron chi connectivity index (χ2n) is 8.31. The van der Waals surface area contributed by atoms with Crippen molar-refractivity contribution in [1.29, 1.82) is 0 Å². The summed E-state index contributed by atoms with van der Waals surface area (Å²) in [4.78, 5) is 27.5. The molecular weight excluding hydrogens is 497 g/mol. The number of halogens is 2. The van der Waals surface area contributed by atoms with Crippen molar-refractivity contribution in [2.75, 3.05) is 24.2 Å². The third-order valence-electron chi connectivity index (χ3n) is 5.52. The Balaban J connectivity index is 2.45. The molecule has 0 saturated carbocycles. The Morgan fingerprint density at radius 1 is 1.06 bits per heavy atom. The van der Waals surface area contributed by atoms with Gasteiger partial charge in [0.2, 0.25) is 21.8 Å². The van der Waals surface area contributed by atoms with E-state index in [0.29, 0.717) is 27.7 Å². The van der Waals surface area contributed by atoms with Gasteiger partial charge in [0, 0.05) is 23.6 Å². The van der Waals surface area contributed by atoms with Gasteiger partial charge < -0.3 is 10.2 Å². The van der Waals surface area contributed by atoms with Gasteiger partial charge in [0.05, 0.1) is 11.9 Å². The van der Waals surface area contributed by atoms with E-state index in [2.05, 4.69) is 5.32 Å². The fourth-order valence-corrected chi connectivity index (χ4v) is 4.88. The molecule has 7 nitrogen and oxygen atoms in total. The van der Waals surface area contributed by atoms with Crippen LogP contribution in [0.3, 0.4) is 0 Å². The molecule has 186 valence electrons. The Hall–Kier alpha value is -2.29. The zero-order chi connectivity index (χ0) is 25.6. The maximum Gasteiger partial charge on any atom is 0.244 e. The number of benzene rings is 2. The molecular formula is C24H31Cl2N3O4S. The number of nitrogens with zero attached hydrogens (tertiary/aromatic N) is 2. The maximum absolute atomic E-state index is 13.5. The van der Waals surface area contributed by atoms with E-state index in [-0.39, 0.29) is 18.4 Å². The Morgan fingerprint density at radius 2 is 1.68 bits per heavy atom. The van der Waals surface area contributed by atoms with Crippen molar-refractivity contribution in [2.45, 2.75) is 45.7 Å². The predicted octanol–water partition coefficient (Wildman–Crippen LogP) is 4.44. The molecule has 0 spiro atoms. The first-order valence-electron chi connectivity index (χ1n) is 10.9. The number of nitrogens with one attached hydrogen (secondary N) is 1. The van der Waals surface area contributed by atoms with Crippen LogP contribution in [-0.4, -0.2) is 51.0 Å². The number of sulfonamides is 1. The number of anilines is 1. The number of rotatable bonds is 10. The zero-order valence-electron chi connectivity index (χ0n) is 20.0. The van der Waals surface area contributed by atoms with Gasteiger partial charge in [-0.3, -0.25) is 13.9 Å². The molecule has 0 radical (unpaired) electrons. The molecule has 2 rings (SSSR count). The summed E-state index contributed by atoms with van der Waals surface area (Å²) in [5.74, 6) is -0.604. The van der Waals surface area contributed by atoms with Gasteiger partial charge in [-0.1, -0.05) is 62.2 Å². The first-order chi connectivity index (χ1) is 15.9. The summed E-state index contributed by atoms with van der Waals surface area (Å²) in [7, 11) is -2.29. The predicted molar refractivity (Wildman–Crippen MR) is 138 cm³/mol. The molecule has 0 aromatic heterocycles. The molecule has 0 aliphatic rings. The van der Waals surface area contributed by atoms with Crippen molar-refractivity contribution in [3.63, 3.8) is 0 Å². The lowest BCUT2D eigenvalue weighted by Crippen LogP contribution is -2.51. The van der Waals surface area contributed by atoms with Gasteiger partial charge >= 0.3 is 0 Å². The lowest BCUT2D eigenvalue weighted by Gasteiger charge is -2.32. The SMILES string of the molecule is CC[C@H](C(=O)NC)N(Cc1ccc(Cl)cc1Cl)C(=O)CN(c1ccc(C(C)C)cc1)S(C)(=O)=O. The summed E-state index contributed by atoms with van der Waals surface area (Å²) in [6.45, 7) is 5.42. The topological polar surface area (TPSA) is 86.8 Å². The van der Waals surface area contributed by atoms with E-state index in [1.54, 1.807) is 37.3 Å². The summed E-state index contributed by atoms with van der Waals surface area (Å²) >= 11 is 12.3. The largest absolute Gasteiger partial charge is 0.357 e. The van der Waals surface area contributed by atoms with Gasteiger partial charge in [0.15, 0.2) is 0 Å². The van der Waals surface area contributed by atoms with Crippen molar-refractivity contribution in [1.82, 2.24) is 10.2 Å². The second kappa shape index (κ2) is 11.9. The normalized spacial score (nSPS) is 12.4. The monoisotopic (exact) mass is 527 g/mol. The fourth-order valence-electron chi connectivity index (χ4n) is 3.56. The molecule has 10 heteroatoms. The molecule has 0 unspecified atom stereocenters. The Kier molecular flexibility index (Phi) is 9.79. The van der Waals surface area contributed by atoms with Gasteiger partial charge in [0.25, 0.3) is 0 Å². The highest BCUT2D eigenvalue weighted by Crippen LogP contribution is 2.25. The van der Waals surface area contributed by atoms with Crippen LogP contribution in [0.1, 0.15) is 44.2 Å². The van der Waals surface area contributed by atoms with Crippen molar-refractivity contribution in [2.24, 2.45) is 0 Å². The molecule has 0 bridgehead atoms. The van der Waals surface area contributed by atoms with Crippen molar-refractivity contribution >= 4 is 50.7 Å². The van der Waals surface area contributed by atoms with Crippen molar-refractivity contribution in [3.05, 3.63) is 63.6 Å². The van der Waals surface area contributed by atoms with Crippen LogP contribution in [0, 0.1) is 0 Å². The van der Waals surface area contributed by atoms with Gasteiger partial charge in [0.1, 0.15) is 12.6 Å². The van der Waals surface area contributed by atoms with Crippen LogP contribution in [0.2, 0.25) is 10.0 Å². The average molecular weight is 529 g/mol. The minimum absolute atomic E-state index is 0.0185. The molecule has 2 amide bonds. The summed E-state index contributed by atoms with van der Waals surface area (Å²) in [5.41, 5.74) is 2.01. The summed E-state index contributed by atoms with van der Waals surface area (Å²) in [6.07, 6.45) is 1.38. The average Bonchev–Trinajstić information content (AvgIpc) is 2.77. The van der Waals surface area contributed by atoms with Crippen molar-refractivity contribution < 1.29 is 18.0 Å². The Morgan fingerprint density at radius 3 is 2.15 bits per heavy atom. The lowest BCUT2D eigenvalue weighted by atomic mass is 10.0. The van der Waals surface area contributed by atoms with E-state index in [9.17, 15) is 18.0 Å². The van der Waals surface area contributed by atoms with Gasteiger partial charge in [-0.2, -0.15) is 0 Å². The maximum atomic E-state index is 13.5. The zero-order valence-corrected chi connectivity index (χ0v) is 22.3. The number of hydrogen-bond donors (Lipinski definition) is 1.